The number of carbonyl (C=O) groups is 1. The largest absolute Gasteiger partial charge is 0.309 e. The van der Waals surface area contributed by atoms with Gasteiger partial charge in [0.25, 0.3) is 0 Å². The van der Waals surface area contributed by atoms with E-state index in [9.17, 15) is 4.79 Å². The van der Waals surface area contributed by atoms with Crippen molar-refractivity contribution in [1.82, 2.24) is 20.2 Å². The van der Waals surface area contributed by atoms with Crippen molar-refractivity contribution in [2.24, 2.45) is 0 Å². The summed E-state index contributed by atoms with van der Waals surface area (Å²) >= 11 is 0. The van der Waals surface area contributed by atoms with Crippen LogP contribution in [0.3, 0.4) is 0 Å². The highest BCUT2D eigenvalue weighted by Crippen LogP contribution is 2.20. The number of hydrogen-bond acceptors (Lipinski definition) is 4. The van der Waals surface area contributed by atoms with Crippen molar-refractivity contribution in [3.8, 4) is 17.1 Å². The molecule has 0 aliphatic heterocycles. The minimum absolute atomic E-state index is 0.0844. The summed E-state index contributed by atoms with van der Waals surface area (Å²) in [6.45, 7) is 0. The van der Waals surface area contributed by atoms with Crippen molar-refractivity contribution >= 4 is 11.6 Å². The molecule has 4 rings (SSSR count). The monoisotopic (exact) mass is 355 g/mol. The minimum Gasteiger partial charge on any atom is -0.298 e. The van der Waals surface area contributed by atoms with Crippen LogP contribution in [0.5, 0.6) is 0 Å². The first kappa shape index (κ1) is 16.5. The lowest BCUT2D eigenvalue weighted by atomic mass is 10.2. The van der Waals surface area contributed by atoms with E-state index in [0.29, 0.717) is 5.82 Å². The third-order valence-electron chi connectivity index (χ3n) is 3.94. The van der Waals surface area contributed by atoms with Gasteiger partial charge in [0, 0.05) is 5.56 Å². The molecule has 1 amide bonds. The van der Waals surface area contributed by atoms with Crippen LogP contribution in [0.25, 0.3) is 17.1 Å². The first-order valence-electron chi connectivity index (χ1n) is 8.50. The van der Waals surface area contributed by atoms with Gasteiger partial charge in [-0.25, -0.2) is 9.67 Å². The van der Waals surface area contributed by atoms with E-state index >= 15 is 0 Å². The molecule has 3 aromatic carbocycles. The van der Waals surface area contributed by atoms with Crippen LogP contribution in [-0.4, -0.2) is 20.7 Å². The lowest BCUT2D eigenvalue weighted by Gasteiger charge is -2.06. The Morgan fingerprint density at radius 2 is 1.37 bits per heavy atom. The molecule has 0 saturated carbocycles. The average molecular weight is 355 g/mol. The van der Waals surface area contributed by atoms with E-state index in [0.717, 1.165) is 16.9 Å². The van der Waals surface area contributed by atoms with Crippen LogP contribution in [0.4, 0.5) is 5.69 Å². The molecule has 4 aromatic rings. The standard InChI is InChI=1S/C21H17N5O/c27-21(24-23-17-12-6-2-7-13-17)19-22-20(16-10-4-1-5-11-16)26(25-19)18-14-8-3-9-15-18/h1-15,23H,(H,24,27). The fraction of sp³-hybridized carbons (Fsp3) is 0. The Hall–Kier alpha value is -3.93. The van der Waals surface area contributed by atoms with Crippen LogP contribution >= 0.6 is 0 Å². The number of amides is 1. The van der Waals surface area contributed by atoms with Crippen LogP contribution in [0.1, 0.15) is 10.6 Å². The minimum atomic E-state index is -0.411. The summed E-state index contributed by atoms with van der Waals surface area (Å²) < 4.78 is 1.67. The van der Waals surface area contributed by atoms with Crippen molar-refractivity contribution in [3.05, 3.63) is 96.8 Å². The molecule has 6 heteroatoms. The second-order valence-electron chi connectivity index (χ2n) is 5.82. The Morgan fingerprint density at radius 3 is 2.04 bits per heavy atom. The number of carbonyl (C=O) groups excluding carboxylic acids is 1. The zero-order valence-electron chi connectivity index (χ0n) is 14.4. The van der Waals surface area contributed by atoms with Gasteiger partial charge >= 0.3 is 5.91 Å². The molecule has 6 nitrogen and oxygen atoms in total. The van der Waals surface area contributed by atoms with Crippen LogP contribution in [0.15, 0.2) is 91.0 Å². The highest BCUT2D eigenvalue weighted by molar-refractivity contribution is 5.91. The van der Waals surface area contributed by atoms with E-state index in [-0.39, 0.29) is 5.82 Å². The molecule has 0 saturated heterocycles. The Morgan fingerprint density at radius 1 is 0.778 bits per heavy atom. The third-order valence-corrected chi connectivity index (χ3v) is 3.94. The molecule has 0 bridgehead atoms. The molecule has 0 spiro atoms. The molecule has 2 N–H and O–H groups in total. The Balaban J connectivity index is 1.66. The maximum atomic E-state index is 12.5. The Labute approximate surface area is 156 Å². The number of para-hydroxylation sites is 2. The van der Waals surface area contributed by atoms with E-state index in [1.165, 1.54) is 0 Å². The number of nitrogens with one attached hydrogen (secondary N) is 2. The van der Waals surface area contributed by atoms with Crippen LogP contribution in [0.2, 0.25) is 0 Å². The molecule has 0 unspecified atom stereocenters. The predicted molar refractivity (Wildman–Crippen MR) is 104 cm³/mol. The maximum Gasteiger partial charge on any atom is 0.309 e. The molecule has 0 fully saturated rings. The summed E-state index contributed by atoms with van der Waals surface area (Å²) in [4.78, 5) is 17.0. The topological polar surface area (TPSA) is 71.8 Å². The zero-order chi connectivity index (χ0) is 18.5. The molecule has 0 radical (unpaired) electrons. The van der Waals surface area contributed by atoms with Crippen molar-refractivity contribution in [3.63, 3.8) is 0 Å². The highest BCUT2D eigenvalue weighted by atomic mass is 16.2. The van der Waals surface area contributed by atoms with Gasteiger partial charge < -0.3 is 0 Å². The van der Waals surface area contributed by atoms with Crippen molar-refractivity contribution in [1.29, 1.82) is 0 Å². The second kappa shape index (κ2) is 7.53. The summed E-state index contributed by atoms with van der Waals surface area (Å²) in [5, 5.41) is 4.42. The molecule has 0 aliphatic rings. The lowest BCUT2D eigenvalue weighted by molar-refractivity contribution is 0.0952. The van der Waals surface area contributed by atoms with Crippen molar-refractivity contribution in [2.45, 2.75) is 0 Å². The fourth-order valence-electron chi connectivity index (χ4n) is 2.64. The number of anilines is 1. The summed E-state index contributed by atoms with van der Waals surface area (Å²) in [6, 6.07) is 28.6. The maximum absolute atomic E-state index is 12.5. The van der Waals surface area contributed by atoms with Gasteiger partial charge in [-0.2, -0.15) is 0 Å². The first-order chi connectivity index (χ1) is 13.3. The summed E-state index contributed by atoms with van der Waals surface area (Å²) in [6.07, 6.45) is 0. The fourth-order valence-corrected chi connectivity index (χ4v) is 2.64. The SMILES string of the molecule is O=C(NNc1ccccc1)c1nc(-c2ccccc2)n(-c2ccccc2)n1. The molecule has 0 atom stereocenters. The van der Waals surface area contributed by atoms with E-state index < -0.39 is 5.91 Å². The summed E-state index contributed by atoms with van der Waals surface area (Å²) in [5.41, 5.74) is 7.98. The molecule has 1 aromatic heterocycles. The van der Waals surface area contributed by atoms with E-state index in [2.05, 4.69) is 20.9 Å². The number of rotatable bonds is 5. The smallest absolute Gasteiger partial charge is 0.298 e. The predicted octanol–water partition coefficient (Wildman–Crippen LogP) is 3.69. The number of nitrogens with zero attached hydrogens (tertiary/aromatic N) is 3. The van der Waals surface area contributed by atoms with Crippen LogP contribution < -0.4 is 10.9 Å². The van der Waals surface area contributed by atoms with Gasteiger partial charge in [-0.1, -0.05) is 66.7 Å². The van der Waals surface area contributed by atoms with Crippen LogP contribution in [0, 0.1) is 0 Å². The second-order valence-corrected chi connectivity index (χ2v) is 5.82. The van der Waals surface area contributed by atoms with Gasteiger partial charge in [0.15, 0.2) is 5.82 Å². The molecule has 27 heavy (non-hydrogen) atoms. The third kappa shape index (κ3) is 3.69. The van der Waals surface area contributed by atoms with Crippen LogP contribution in [-0.2, 0) is 0 Å². The van der Waals surface area contributed by atoms with Gasteiger partial charge in [0.2, 0.25) is 5.82 Å². The first-order valence-corrected chi connectivity index (χ1v) is 8.50. The van der Waals surface area contributed by atoms with E-state index in [4.69, 9.17) is 0 Å². The quantitative estimate of drug-likeness (QED) is 0.536. The van der Waals surface area contributed by atoms with Gasteiger partial charge in [-0.05, 0) is 24.3 Å². The highest BCUT2D eigenvalue weighted by Gasteiger charge is 2.18. The lowest BCUT2D eigenvalue weighted by Crippen LogP contribution is -2.30. The average Bonchev–Trinajstić information content (AvgIpc) is 3.20. The van der Waals surface area contributed by atoms with Gasteiger partial charge in [0.05, 0.1) is 11.4 Å². The van der Waals surface area contributed by atoms with Crippen molar-refractivity contribution < 1.29 is 4.79 Å². The van der Waals surface area contributed by atoms with Gasteiger partial charge in [0.1, 0.15) is 0 Å². The summed E-state index contributed by atoms with van der Waals surface area (Å²) in [5.74, 6) is 0.276. The number of benzene rings is 3. The van der Waals surface area contributed by atoms with Gasteiger partial charge in [-0.3, -0.25) is 15.6 Å². The van der Waals surface area contributed by atoms with Gasteiger partial charge in [-0.15, -0.1) is 5.10 Å². The zero-order valence-corrected chi connectivity index (χ0v) is 14.4. The normalized spacial score (nSPS) is 10.4. The number of aromatic nitrogens is 3. The number of hydrazine groups is 1. The Bertz CT molecular complexity index is 973. The molecule has 132 valence electrons. The molecule has 0 aliphatic carbocycles. The van der Waals surface area contributed by atoms with E-state index in [1.54, 1.807) is 4.68 Å². The summed E-state index contributed by atoms with van der Waals surface area (Å²) in [7, 11) is 0. The Kier molecular flexibility index (Phi) is 4.61. The van der Waals surface area contributed by atoms with E-state index in [1.807, 2.05) is 91.0 Å². The number of hydrogen-bond donors (Lipinski definition) is 2. The van der Waals surface area contributed by atoms with Crippen molar-refractivity contribution in [2.75, 3.05) is 5.43 Å². The molecular formula is C21H17N5O. The molecule has 1 heterocycles. The molecular weight excluding hydrogens is 338 g/mol.